The van der Waals surface area contributed by atoms with E-state index in [0.717, 1.165) is 25.7 Å². The number of hydrogen-bond acceptors (Lipinski definition) is 0. The highest BCUT2D eigenvalue weighted by Crippen LogP contribution is 2.37. The fourth-order valence-electron chi connectivity index (χ4n) is 3.78. The average molecular weight is 529 g/mol. The molecule has 0 aromatic heterocycles. The molecule has 28 heavy (non-hydrogen) atoms. The standard InChI is InChI=1S/C20H20Cl6Si2/c21-27(22,23)13-5-11-19-15-7-1-2-8-16(15)20(12-6-14-28(24,25)26)18-10-4-3-9-17(18)19/h1-4,7-10H,5-6,11-14H2. The van der Waals surface area contributed by atoms with Crippen LogP contribution in [0.15, 0.2) is 48.5 Å². The van der Waals surface area contributed by atoms with Gasteiger partial charge in [0.15, 0.2) is 0 Å². The van der Waals surface area contributed by atoms with Crippen molar-refractivity contribution < 1.29 is 0 Å². The van der Waals surface area contributed by atoms with Crippen LogP contribution in [0, 0.1) is 0 Å². The Morgan fingerprint density at radius 2 is 0.786 bits per heavy atom. The van der Waals surface area contributed by atoms with Gasteiger partial charge in [-0.25, -0.2) is 0 Å². The van der Waals surface area contributed by atoms with Crippen LogP contribution in [-0.2, 0) is 12.8 Å². The van der Waals surface area contributed by atoms with Gasteiger partial charge in [-0.15, -0.1) is 66.5 Å². The summed E-state index contributed by atoms with van der Waals surface area (Å²) < 4.78 is 0. The minimum Gasteiger partial charge on any atom is -0.126 e. The van der Waals surface area contributed by atoms with Crippen LogP contribution in [0.1, 0.15) is 24.0 Å². The molecule has 0 amide bonds. The first-order valence-corrected chi connectivity index (χ1v) is 19.7. The second-order valence-electron chi connectivity index (χ2n) is 6.99. The van der Waals surface area contributed by atoms with Crippen LogP contribution >= 0.6 is 66.5 Å². The molecule has 0 saturated heterocycles. The molecule has 0 aliphatic carbocycles. The first-order chi connectivity index (χ1) is 13.2. The van der Waals surface area contributed by atoms with Crippen molar-refractivity contribution in [3.63, 3.8) is 0 Å². The average Bonchev–Trinajstić information content (AvgIpc) is 2.61. The number of benzene rings is 3. The molecule has 0 unspecified atom stereocenters. The van der Waals surface area contributed by atoms with E-state index in [9.17, 15) is 0 Å². The fourth-order valence-corrected chi connectivity index (χ4v) is 7.34. The van der Waals surface area contributed by atoms with E-state index >= 15 is 0 Å². The van der Waals surface area contributed by atoms with Crippen molar-refractivity contribution in [3.05, 3.63) is 59.7 Å². The molecule has 0 aliphatic rings. The first kappa shape index (κ1) is 23.0. The van der Waals surface area contributed by atoms with Crippen molar-refractivity contribution in [3.8, 4) is 0 Å². The van der Waals surface area contributed by atoms with E-state index < -0.39 is 12.0 Å². The minimum absolute atomic E-state index is 0.663. The lowest BCUT2D eigenvalue weighted by Crippen LogP contribution is -2.09. The summed E-state index contributed by atoms with van der Waals surface area (Å²) in [4.78, 5) is 0. The monoisotopic (exact) mass is 526 g/mol. The van der Waals surface area contributed by atoms with E-state index in [0.29, 0.717) is 12.1 Å². The molecule has 0 saturated carbocycles. The second kappa shape index (κ2) is 9.66. The van der Waals surface area contributed by atoms with Crippen LogP contribution in [0.5, 0.6) is 0 Å². The summed E-state index contributed by atoms with van der Waals surface area (Å²) in [6.07, 6.45) is 3.52. The molecule has 3 aromatic rings. The number of halogens is 6. The second-order valence-corrected chi connectivity index (χ2v) is 25.5. The maximum Gasteiger partial charge on any atom is 0.341 e. The zero-order chi connectivity index (χ0) is 20.4. The Morgan fingerprint density at radius 3 is 1.04 bits per heavy atom. The van der Waals surface area contributed by atoms with Gasteiger partial charge >= 0.3 is 12.0 Å². The normalized spacial score (nSPS) is 12.8. The molecular formula is C20H20Cl6Si2. The smallest absolute Gasteiger partial charge is 0.126 e. The predicted octanol–water partition coefficient (Wildman–Crippen LogP) is 9.17. The van der Waals surface area contributed by atoms with Gasteiger partial charge in [0.05, 0.1) is 0 Å². The number of hydrogen-bond donors (Lipinski definition) is 0. The summed E-state index contributed by atoms with van der Waals surface area (Å²) in [5.41, 5.74) is 2.66. The van der Waals surface area contributed by atoms with Crippen LogP contribution in [0.4, 0.5) is 0 Å². The van der Waals surface area contributed by atoms with Crippen molar-refractivity contribution in [1.82, 2.24) is 0 Å². The molecule has 8 heteroatoms. The fraction of sp³-hybridized carbons (Fsp3) is 0.300. The highest BCUT2D eigenvalue weighted by molar-refractivity contribution is 7.65. The zero-order valence-corrected chi connectivity index (χ0v) is 21.7. The molecular weight excluding hydrogens is 509 g/mol. The van der Waals surface area contributed by atoms with Crippen LogP contribution in [0.3, 0.4) is 0 Å². The number of rotatable bonds is 8. The summed E-state index contributed by atoms with van der Waals surface area (Å²) >= 11 is 36.6. The quantitative estimate of drug-likeness (QED) is 0.155. The molecule has 3 aromatic carbocycles. The Morgan fingerprint density at radius 1 is 0.500 bits per heavy atom. The van der Waals surface area contributed by atoms with E-state index in [1.54, 1.807) is 0 Å². The van der Waals surface area contributed by atoms with Crippen molar-refractivity contribution >= 4 is 100 Å². The van der Waals surface area contributed by atoms with Crippen LogP contribution < -0.4 is 0 Å². The molecule has 0 spiro atoms. The molecule has 0 radical (unpaired) electrons. The molecule has 0 nitrogen and oxygen atoms in total. The van der Waals surface area contributed by atoms with Crippen LogP contribution in [0.25, 0.3) is 21.5 Å². The molecule has 0 bridgehead atoms. The van der Waals surface area contributed by atoms with E-state index in [1.807, 2.05) is 0 Å². The lowest BCUT2D eigenvalue weighted by atomic mass is 9.88. The third kappa shape index (κ3) is 6.18. The Labute approximate surface area is 196 Å². The van der Waals surface area contributed by atoms with Gasteiger partial charge in [-0.3, -0.25) is 0 Å². The summed E-state index contributed by atoms with van der Waals surface area (Å²) in [7, 11) is 0. The van der Waals surface area contributed by atoms with Gasteiger partial charge in [0, 0.05) is 0 Å². The third-order valence-electron chi connectivity index (χ3n) is 4.93. The zero-order valence-electron chi connectivity index (χ0n) is 15.1. The number of fused-ring (bicyclic) bond motifs is 2. The topological polar surface area (TPSA) is 0 Å². The van der Waals surface area contributed by atoms with E-state index in [1.165, 1.54) is 32.7 Å². The van der Waals surface area contributed by atoms with Crippen LogP contribution in [-0.4, -0.2) is 12.0 Å². The molecule has 150 valence electrons. The van der Waals surface area contributed by atoms with Crippen molar-refractivity contribution in [2.75, 3.05) is 0 Å². The summed E-state index contributed by atoms with van der Waals surface area (Å²) in [5.74, 6) is 0. The molecule has 0 atom stereocenters. The molecule has 0 fully saturated rings. The SMILES string of the molecule is Cl[Si](Cl)(Cl)CCCc1c2ccccc2c(CCC[Si](Cl)(Cl)Cl)c2ccccc12. The van der Waals surface area contributed by atoms with Crippen molar-refractivity contribution in [2.24, 2.45) is 0 Å². The Hall–Kier alpha value is 0.354. The van der Waals surface area contributed by atoms with Gasteiger partial charge < -0.3 is 0 Å². The lowest BCUT2D eigenvalue weighted by molar-refractivity contribution is 0.920. The van der Waals surface area contributed by atoms with Crippen molar-refractivity contribution in [2.45, 2.75) is 37.8 Å². The Balaban J connectivity index is 2.05. The van der Waals surface area contributed by atoms with E-state index in [-0.39, 0.29) is 0 Å². The first-order valence-electron chi connectivity index (χ1n) is 9.20. The predicted molar refractivity (Wildman–Crippen MR) is 134 cm³/mol. The van der Waals surface area contributed by atoms with Gasteiger partial charge in [0.2, 0.25) is 0 Å². The van der Waals surface area contributed by atoms with Gasteiger partial charge in [-0.2, -0.15) is 0 Å². The number of aryl methyl sites for hydroxylation is 2. The summed E-state index contributed by atoms with van der Waals surface area (Å²) in [6.45, 7) is 0. The van der Waals surface area contributed by atoms with Crippen LogP contribution in [0.2, 0.25) is 12.1 Å². The van der Waals surface area contributed by atoms with Crippen molar-refractivity contribution in [1.29, 1.82) is 0 Å². The Kier molecular flexibility index (Phi) is 7.94. The molecule has 0 N–H and O–H groups in total. The summed E-state index contributed by atoms with van der Waals surface area (Å²) in [6, 6.07) is 13.2. The highest BCUT2D eigenvalue weighted by atomic mass is 35.8. The largest absolute Gasteiger partial charge is 0.341 e. The third-order valence-corrected chi connectivity index (χ3v) is 10.2. The molecule has 3 rings (SSSR count). The van der Waals surface area contributed by atoms with Gasteiger partial charge in [0.25, 0.3) is 0 Å². The van der Waals surface area contributed by atoms with Gasteiger partial charge in [-0.05, 0) is 70.4 Å². The van der Waals surface area contributed by atoms with E-state index in [4.69, 9.17) is 66.5 Å². The highest BCUT2D eigenvalue weighted by Gasteiger charge is 2.25. The maximum absolute atomic E-state index is 6.10. The van der Waals surface area contributed by atoms with E-state index in [2.05, 4.69) is 48.5 Å². The summed E-state index contributed by atoms with van der Waals surface area (Å²) in [5, 5.41) is 5.09. The molecule has 0 heterocycles. The lowest BCUT2D eigenvalue weighted by Gasteiger charge is -2.18. The van der Waals surface area contributed by atoms with Gasteiger partial charge in [-0.1, -0.05) is 48.5 Å². The minimum atomic E-state index is -2.61. The maximum atomic E-state index is 6.10. The van der Waals surface area contributed by atoms with Gasteiger partial charge in [0.1, 0.15) is 0 Å². The Bertz CT molecular complexity index is 827. The molecule has 0 aliphatic heterocycles.